The van der Waals surface area contributed by atoms with Gasteiger partial charge < -0.3 is 24.3 Å². The van der Waals surface area contributed by atoms with Crippen molar-refractivity contribution in [2.75, 3.05) is 33.9 Å². The molecule has 1 fully saturated rings. The number of benzene rings is 2. The van der Waals surface area contributed by atoms with Gasteiger partial charge in [0.25, 0.3) is 0 Å². The number of hydrogen-bond donors (Lipinski definition) is 1. The van der Waals surface area contributed by atoms with Crippen LogP contribution in [0.1, 0.15) is 11.7 Å². The van der Waals surface area contributed by atoms with Crippen LogP contribution in [0, 0.1) is 0 Å². The van der Waals surface area contributed by atoms with E-state index in [0.717, 1.165) is 24.4 Å². The smallest absolute Gasteiger partial charge is 0.162 e. The van der Waals surface area contributed by atoms with Gasteiger partial charge in [0, 0.05) is 18.7 Å². The topological polar surface area (TPSA) is 49.0 Å². The minimum absolute atomic E-state index is 0.111. The lowest BCUT2D eigenvalue weighted by Gasteiger charge is -2.32. The molecule has 128 valence electrons. The quantitative estimate of drug-likeness (QED) is 0.883. The SMILES string of the molecule is COc1ccccc1OC(c1ccccc1OC)C1CNCCO1. The molecule has 24 heavy (non-hydrogen) atoms. The molecule has 0 amide bonds. The molecule has 1 aliphatic rings. The van der Waals surface area contributed by atoms with E-state index in [1.807, 2.05) is 48.5 Å². The molecule has 3 rings (SSSR count). The van der Waals surface area contributed by atoms with Crippen molar-refractivity contribution >= 4 is 0 Å². The number of methoxy groups -OCH3 is 2. The van der Waals surface area contributed by atoms with Crippen LogP contribution in [0.15, 0.2) is 48.5 Å². The Labute approximate surface area is 142 Å². The minimum Gasteiger partial charge on any atom is -0.496 e. The Balaban J connectivity index is 1.95. The zero-order chi connectivity index (χ0) is 16.8. The molecule has 1 N–H and O–H groups in total. The third-order valence-electron chi connectivity index (χ3n) is 4.06. The summed E-state index contributed by atoms with van der Waals surface area (Å²) in [6.45, 7) is 2.23. The first-order valence-electron chi connectivity index (χ1n) is 8.08. The molecule has 0 spiro atoms. The van der Waals surface area contributed by atoms with Crippen molar-refractivity contribution in [3.63, 3.8) is 0 Å². The molecule has 0 aromatic heterocycles. The van der Waals surface area contributed by atoms with Crippen molar-refractivity contribution in [3.8, 4) is 17.2 Å². The lowest BCUT2D eigenvalue weighted by atomic mass is 10.0. The number of rotatable bonds is 6. The van der Waals surface area contributed by atoms with Crippen LogP contribution >= 0.6 is 0 Å². The fourth-order valence-electron chi connectivity index (χ4n) is 2.87. The molecule has 5 nitrogen and oxygen atoms in total. The Morgan fingerprint density at radius 2 is 1.62 bits per heavy atom. The third-order valence-corrected chi connectivity index (χ3v) is 4.06. The molecule has 0 bridgehead atoms. The van der Waals surface area contributed by atoms with Gasteiger partial charge in [-0.25, -0.2) is 0 Å². The second kappa shape index (κ2) is 8.04. The van der Waals surface area contributed by atoms with E-state index in [2.05, 4.69) is 5.32 Å². The Morgan fingerprint density at radius 3 is 2.29 bits per heavy atom. The fourth-order valence-corrected chi connectivity index (χ4v) is 2.87. The number of morpholine rings is 1. The van der Waals surface area contributed by atoms with Crippen molar-refractivity contribution in [2.24, 2.45) is 0 Å². The Hall–Kier alpha value is -2.24. The summed E-state index contributed by atoms with van der Waals surface area (Å²) in [4.78, 5) is 0. The summed E-state index contributed by atoms with van der Waals surface area (Å²) in [5.41, 5.74) is 0.958. The van der Waals surface area contributed by atoms with Crippen molar-refractivity contribution in [1.82, 2.24) is 5.32 Å². The summed E-state index contributed by atoms with van der Waals surface area (Å²) < 4.78 is 23.2. The van der Waals surface area contributed by atoms with Crippen LogP contribution in [0.3, 0.4) is 0 Å². The maximum atomic E-state index is 6.33. The highest BCUT2D eigenvalue weighted by molar-refractivity contribution is 5.42. The summed E-state index contributed by atoms with van der Waals surface area (Å²) in [5, 5.41) is 3.36. The molecule has 0 saturated carbocycles. The number of para-hydroxylation sites is 3. The highest BCUT2D eigenvalue weighted by Gasteiger charge is 2.30. The van der Waals surface area contributed by atoms with Gasteiger partial charge in [-0.3, -0.25) is 0 Å². The minimum atomic E-state index is -0.301. The van der Waals surface area contributed by atoms with Crippen molar-refractivity contribution in [3.05, 3.63) is 54.1 Å². The van der Waals surface area contributed by atoms with E-state index in [4.69, 9.17) is 18.9 Å². The molecule has 2 atom stereocenters. The normalized spacial score (nSPS) is 18.7. The molecule has 1 aliphatic heterocycles. The van der Waals surface area contributed by atoms with E-state index in [1.165, 1.54) is 0 Å². The van der Waals surface area contributed by atoms with Crippen LogP contribution in [-0.4, -0.2) is 40.0 Å². The predicted octanol–water partition coefficient (Wildman–Crippen LogP) is 2.81. The van der Waals surface area contributed by atoms with Crippen molar-refractivity contribution in [2.45, 2.75) is 12.2 Å². The summed E-state index contributed by atoms with van der Waals surface area (Å²) >= 11 is 0. The fraction of sp³-hybridized carbons (Fsp3) is 0.368. The zero-order valence-electron chi connectivity index (χ0n) is 14.0. The first-order chi connectivity index (χ1) is 11.8. The van der Waals surface area contributed by atoms with Crippen LogP contribution in [0.25, 0.3) is 0 Å². The third kappa shape index (κ3) is 3.63. The van der Waals surface area contributed by atoms with Crippen LogP contribution in [0.5, 0.6) is 17.2 Å². The van der Waals surface area contributed by atoms with E-state index in [-0.39, 0.29) is 12.2 Å². The van der Waals surface area contributed by atoms with Gasteiger partial charge in [-0.15, -0.1) is 0 Å². The summed E-state index contributed by atoms with van der Waals surface area (Å²) in [6.07, 6.45) is -0.412. The lowest BCUT2D eigenvalue weighted by Crippen LogP contribution is -2.43. The first-order valence-corrected chi connectivity index (χ1v) is 8.08. The van der Waals surface area contributed by atoms with Gasteiger partial charge in [0.05, 0.1) is 20.8 Å². The number of ether oxygens (including phenoxy) is 4. The maximum absolute atomic E-state index is 6.33. The monoisotopic (exact) mass is 329 g/mol. The van der Waals surface area contributed by atoms with Gasteiger partial charge in [-0.05, 0) is 18.2 Å². The van der Waals surface area contributed by atoms with E-state index < -0.39 is 0 Å². The maximum Gasteiger partial charge on any atom is 0.162 e. The second-order valence-corrected chi connectivity index (χ2v) is 5.54. The molecule has 5 heteroatoms. The highest BCUT2D eigenvalue weighted by Crippen LogP contribution is 2.36. The van der Waals surface area contributed by atoms with E-state index >= 15 is 0 Å². The number of nitrogens with one attached hydrogen (secondary N) is 1. The van der Waals surface area contributed by atoms with Crippen molar-refractivity contribution < 1.29 is 18.9 Å². The number of hydrogen-bond acceptors (Lipinski definition) is 5. The van der Waals surface area contributed by atoms with Gasteiger partial charge >= 0.3 is 0 Å². The Kier molecular flexibility index (Phi) is 5.56. The predicted molar refractivity (Wildman–Crippen MR) is 92.0 cm³/mol. The van der Waals surface area contributed by atoms with Gasteiger partial charge in [-0.1, -0.05) is 30.3 Å². The van der Waals surface area contributed by atoms with Crippen molar-refractivity contribution in [1.29, 1.82) is 0 Å². The summed E-state index contributed by atoms with van der Waals surface area (Å²) in [6, 6.07) is 15.5. The average molecular weight is 329 g/mol. The van der Waals surface area contributed by atoms with Crippen LogP contribution in [0.4, 0.5) is 0 Å². The standard InChI is InChI=1S/C19H23NO4/c1-21-15-8-4-3-7-14(15)19(18-13-20-11-12-23-18)24-17-10-6-5-9-16(17)22-2/h3-10,18-20H,11-13H2,1-2H3. The van der Waals surface area contributed by atoms with Gasteiger partial charge in [0.1, 0.15) is 11.9 Å². The molecular formula is C19H23NO4. The molecule has 2 aromatic rings. The molecule has 1 heterocycles. The van der Waals surface area contributed by atoms with Crippen LogP contribution in [-0.2, 0) is 4.74 Å². The lowest BCUT2D eigenvalue weighted by molar-refractivity contribution is -0.0444. The van der Waals surface area contributed by atoms with Gasteiger partial charge in [-0.2, -0.15) is 0 Å². The molecule has 2 unspecified atom stereocenters. The van der Waals surface area contributed by atoms with Crippen LogP contribution < -0.4 is 19.5 Å². The van der Waals surface area contributed by atoms with Crippen LogP contribution in [0.2, 0.25) is 0 Å². The zero-order valence-corrected chi connectivity index (χ0v) is 14.0. The molecule has 2 aromatic carbocycles. The highest BCUT2D eigenvalue weighted by atomic mass is 16.6. The Bertz CT molecular complexity index is 655. The summed E-state index contributed by atoms with van der Waals surface area (Å²) in [5.74, 6) is 2.16. The van der Waals surface area contributed by atoms with E-state index in [1.54, 1.807) is 14.2 Å². The van der Waals surface area contributed by atoms with E-state index in [9.17, 15) is 0 Å². The summed E-state index contributed by atoms with van der Waals surface area (Å²) in [7, 11) is 3.30. The molecular weight excluding hydrogens is 306 g/mol. The van der Waals surface area contributed by atoms with E-state index in [0.29, 0.717) is 18.1 Å². The molecule has 1 saturated heterocycles. The average Bonchev–Trinajstić information content (AvgIpc) is 2.67. The Morgan fingerprint density at radius 1 is 0.958 bits per heavy atom. The first kappa shape index (κ1) is 16.6. The largest absolute Gasteiger partial charge is 0.496 e. The van der Waals surface area contributed by atoms with Gasteiger partial charge in [0.2, 0.25) is 0 Å². The second-order valence-electron chi connectivity index (χ2n) is 5.54. The molecule has 0 aliphatic carbocycles. The molecule has 0 radical (unpaired) electrons. The van der Waals surface area contributed by atoms with Gasteiger partial charge in [0.15, 0.2) is 17.6 Å².